The summed E-state index contributed by atoms with van der Waals surface area (Å²) in [6.45, 7) is 0.950. The van der Waals surface area contributed by atoms with Crippen molar-refractivity contribution in [1.29, 1.82) is 5.26 Å². The molecule has 0 aliphatic carbocycles. The van der Waals surface area contributed by atoms with Crippen molar-refractivity contribution in [2.45, 2.75) is 19.9 Å². The fraction of sp³-hybridized carbons (Fsp3) is 0.207. The summed E-state index contributed by atoms with van der Waals surface area (Å²) in [5, 5.41) is 20.8. The number of ether oxygens (including phenoxy) is 2. The van der Waals surface area contributed by atoms with Crippen LogP contribution >= 0.6 is 24.0 Å². The zero-order valence-electron chi connectivity index (χ0n) is 22.0. The number of methoxy groups -OCH3 is 2. The number of hydrogen-bond donors (Lipinski definition) is 1. The van der Waals surface area contributed by atoms with Gasteiger partial charge in [-0.15, -0.1) is 0 Å². The molecule has 4 rings (SSSR count). The van der Waals surface area contributed by atoms with E-state index >= 15 is 0 Å². The molecular weight excluding hydrogens is 550 g/mol. The van der Waals surface area contributed by atoms with Gasteiger partial charge in [-0.25, -0.2) is 0 Å². The number of carbonyl (C=O) groups excluding carboxylic acids is 2. The molecule has 0 atom stereocenters. The van der Waals surface area contributed by atoms with Gasteiger partial charge in [0.15, 0.2) is 17.3 Å². The van der Waals surface area contributed by atoms with Crippen LogP contribution in [0.3, 0.4) is 0 Å². The predicted octanol–water partition coefficient (Wildman–Crippen LogP) is 4.08. The molecule has 3 aromatic rings. The summed E-state index contributed by atoms with van der Waals surface area (Å²) in [5.41, 5.74) is 0.447. The Morgan fingerprint density at radius 1 is 1.12 bits per heavy atom. The van der Waals surface area contributed by atoms with Crippen LogP contribution in [0.2, 0.25) is 0 Å². The number of rotatable bonds is 9. The maximum absolute atomic E-state index is 13.5. The monoisotopic (exact) mass is 575 g/mol. The fourth-order valence-corrected chi connectivity index (χ4v) is 5.58. The first-order valence-electron chi connectivity index (χ1n) is 12.1. The highest BCUT2D eigenvalue weighted by molar-refractivity contribution is 8.26. The normalized spacial score (nSPS) is 13.9. The maximum atomic E-state index is 13.5. The van der Waals surface area contributed by atoms with Gasteiger partial charge in [-0.2, -0.15) is 5.26 Å². The van der Waals surface area contributed by atoms with E-state index in [0.29, 0.717) is 16.4 Å². The summed E-state index contributed by atoms with van der Waals surface area (Å²) in [7, 11) is 3.02. The first-order chi connectivity index (χ1) is 19.2. The minimum atomic E-state index is -0.717. The number of nitrogens with zero attached hydrogens (tertiary/aromatic N) is 3. The lowest BCUT2D eigenvalue weighted by atomic mass is 10.0. The summed E-state index contributed by atoms with van der Waals surface area (Å²) >= 11 is 6.43. The lowest BCUT2D eigenvalue weighted by Crippen LogP contribution is -2.35. The molecule has 204 valence electrons. The van der Waals surface area contributed by atoms with Crippen molar-refractivity contribution in [2.24, 2.45) is 0 Å². The first-order valence-corrected chi connectivity index (χ1v) is 13.3. The van der Waals surface area contributed by atoms with Gasteiger partial charge >= 0.3 is 0 Å². The zero-order chi connectivity index (χ0) is 29.0. The molecule has 11 heteroatoms. The highest BCUT2D eigenvalue weighted by Gasteiger charge is 2.35. The molecule has 9 nitrogen and oxygen atoms in total. The molecule has 40 heavy (non-hydrogen) atoms. The average Bonchev–Trinajstić information content (AvgIpc) is 3.20. The Morgan fingerprint density at radius 3 is 2.48 bits per heavy atom. The number of pyridine rings is 1. The molecule has 1 N–H and O–H groups in total. The Hall–Kier alpha value is -4.40. The maximum Gasteiger partial charge on any atom is 0.271 e. The molecule has 1 aromatic heterocycles. The van der Waals surface area contributed by atoms with Crippen molar-refractivity contribution in [3.05, 3.63) is 91.6 Å². The van der Waals surface area contributed by atoms with Crippen molar-refractivity contribution < 1.29 is 24.2 Å². The van der Waals surface area contributed by atoms with E-state index in [1.54, 1.807) is 24.3 Å². The van der Waals surface area contributed by atoms with Gasteiger partial charge in [0.2, 0.25) is 5.88 Å². The Morgan fingerprint density at radius 2 is 1.82 bits per heavy atom. The molecule has 1 fully saturated rings. The molecule has 0 saturated carbocycles. The average molecular weight is 576 g/mol. The highest BCUT2D eigenvalue weighted by atomic mass is 32.2. The van der Waals surface area contributed by atoms with E-state index in [1.807, 2.05) is 36.4 Å². The fourth-order valence-electron chi connectivity index (χ4n) is 4.33. The van der Waals surface area contributed by atoms with E-state index < -0.39 is 29.7 Å². The third-order valence-corrected chi connectivity index (χ3v) is 7.80. The van der Waals surface area contributed by atoms with Gasteiger partial charge in [-0.3, -0.25) is 23.9 Å². The largest absolute Gasteiger partial charge is 0.494 e. The SMILES string of the molecule is COc1ccc(CCn2c(O)c(C(=O)CN3C(=O)/C(=C/c4ccccc4)SC3=S)c(C)c(C#N)c2=O)cc1OC. The number of thiocarbonyl (C=S) groups is 1. The molecule has 0 bridgehead atoms. The zero-order valence-corrected chi connectivity index (χ0v) is 23.6. The molecular formula is C29H25N3O6S2. The number of aromatic hydroxyl groups is 1. The molecule has 1 saturated heterocycles. The van der Waals surface area contributed by atoms with Crippen LogP contribution in [0.15, 0.2) is 58.2 Å². The molecule has 1 aliphatic rings. The number of Topliss-reactive ketones (excluding diaryl/α,β-unsaturated/α-hetero) is 1. The number of aromatic nitrogens is 1. The number of benzene rings is 2. The number of aryl methyl sites for hydroxylation is 1. The number of amides is 1. The molecule has 0 spiro atoms. The summed E-state index contributed by atoms with van der Waals surface area (Å²) in [6, 6.07) is 16.3. The Bertz CT molecular complexity index is 1640. The van der Waals surface area contributed by atoms with Crippen LogP contribution in [0.25, 0.3) is 6.08 Å². The van der Waals surface area contributed by atoms with Gasteiger partial charge in [0.05, 0.1) is 31.2 Å². The third-order valence-electron chi connectivity index (χ3n) is 6.42. The van der Waals surface area contributed by atoms with Crippen LogP contribution < -0.4 is 15.0 Å². The van der Waals surface area contributed by atoms with E-state index in [4.69, 9.17) is 21.7 Å². The van der Waals surface area contributed by atoms with E-state index in [-0.39, 0.29) is 34.0 Å². The second kappa shape index (κ2) is 12.2. The molecule has 1 aliphatic heterocycles. The van der Waals surface area contributed by atoms with Gasteiger partial charge in [0.1, 0.15) is 16.0 Å². The van der Waals surface area contributed by atoms with Crippen LogP contribution in [-0.4, -0.2) is 51.3 Å². The Balaban J connectivity index is 1.63. The van der Waals surface area contributed by atoms with Crippen LogP contribution in [0.1, 0.15) is 32.6 Å². The van der Waals surface area contributed by atoms with E-state index in [2.05, 4.69) is 0 Å². The second-order valence-corrected chi connectivity index (χ2v) is 10.5. The van der Waals surface area contributed by atoms with Gasteiger partial charge in [-0.05, 0) is 48.2 Å². The Kier molecular flexibility index (Phi) is 8.72. The topological polar surface area (TPSA) is 122 Å². The summed E-state index contributed by atoms with van der Waals surface area (Å²) in [5.74, 6) is -0.623. The molecule has 2 aromatic carbocycles. The smallest absolute Gasteiger partial charge is 0.271 e. The Labute approximate surface area is 240 Å². The second-order valence-electron chi connectivity index (χ2n) is 8.81. The summed E-state index contributed by atoms with van der Waals surface area (Å²) < 4.78 is 11.8. The van der Waals surface area contributed by atoms with E-state index in [1.165, 1.54) is 21.1 Å². The predicted molar refractivity (Wildman–Crippen MR) is 156 cm³/mol. The van der Waals surface area contributed by atoms with Crippen molar-refractivity contribution in [2.75, 3.05) is 20.8 Å². The number of ketones is 1. The van der Waals surface area contributed by atoms with Crippen LogP contribution in [0.5, 0.6) is 17.4 Å². The minimum Gasteiger partial charge on any atom is -0.494 e. The van der Waals surface area contributed by atoms with Gasteiger partial charge in [0.25, 0.3) is 11.5 Å². The van der Waals surface area contributed by atoms with Crippen molar-refractivity contribution in [1.82, 2.24) is 9.47 Å². The van der Waals surface area contributed by atoms with E-state index in [0.717, 1.165) is 32.4 Å². The standard InChI is InChI=1S/C29H25N3O6S2/c1-17-20(15-30)26(34)31(12-11-19-9-10-22(37-2)23(13-19)38-3)28(36)25(17)21(33)16-32-27(35)24(40-29(32)39)14-18-7-5-4-6-8-18/h4-10,13-14,36H,11-12,16H2,1-3H3/b24-14-. The molecule has 1 amide bonds. The van der Waals surface area contributed by atoms with Crippen molar-refractivity contribution in [3.8, 4) is 23.4 Å². The van der Waals surface area contributed by atoms with Crippen molar-refractivity contribution in [3.63, 3.8) is 0 Å². The molecule has 2 heterocycles. The van der Waals surface area contributed by atoms with Crippen LogP contribution in [0, 0.1) is 18.3 Å². The number of hydrogen-bond acceptors (Lipinski definition) is 9. The molecule has 0 unspecified atom stereocenters. The van der Waals surface area contributed by atoms with Crippen LogP contribution in [0.4, 0.5) is 0 Å². The van der Waals surface area contributed by atoms with Gasteiger partial charge < -0.3 is 14.6 Å². The summed E-state index contributed by atoms with van der Waals surface area (Å²) in [4.78, 5) is 41.1. The van der Waals surface area contributed by atoms with E-state index in [9.17, 15) is 24.8 Å². The summed E-state index contributed by atoms with van der Waals surface area (Å²) in [6.07, 6.45) is 1.98. The quantitative estimate of drug-likeness (QED) is 0.229. The lowest BCUT2D eigenvalue weighted by Gasteiger charge is -2.18. The number of nitriles is 1. The van der Waals surface area contributed by atoms with Crippen molar-refractivity contribution >= 4 is 46.1 Å². The lowest BCUT2D eigenvalue weighted by molar-refractivity contribution is -0.121. The first kappa shape index (κ1) is 28.6. The number of thioether (sulfide) groups is 1. The van der Waals surface area contributed by atoms with Gasteiger partial charge in [0, 0.05) is 6.54 Å². The van der Waals surface area contributed by atoms with Crippen LogP contribution in [-0.2, 0) is 17.8 Å². The minimum absolute atomic E-state index is 0.0176. The number of carbonyl (C=O) groups is 2. The van der Waals surface area contributed by atoms with Gasteiger partial charge in [-0.1, -0.05) is 60.4 Å². The highest BCUT2D eigenvalue weighted by Crippen LogP contribution is 2.33. The molecule has 0 radical (unpaired) electrons. The third kappa shape index (κ3) is 5.64.